The number of halogens is 1. The van der Waals surface area contributed by atoms with Crippen LogP contribution in [0.3, 0.4) is 0 Å². The van der Waals surface area contributed by atoms with Crippen LogP contribution in [0.1, 0.15) is 37.0 Å². The first kappa shape index (κ1) is 15.2. The first-order chi connectivity index (χ1) is 9.97. The summed E-state index contributed by atoms with van der Waals surface area (Å²) in [5, 5.41) is 4.13. The molecule has 112 valence electrons. The van der Waals surface area contributed by atoms with Gasteiger partial charge in [-0.3, -0.25) is 4.79 Å². The Morgan fingerprint density at radius 2 is 2.19 bits per heavy atom. The number of nitrogens with zero attached hydrogens (tertiary/aromatic N) is 3. The van der Waals surface area contributed by atoms with Crippen molar-refractivity contribution in [1.82, 2.24) is 14.8 Å². The van der Waals surface area contributed by atoms with E-state index in [0.717, 1.165) is 6.54 Å². The number of ketones is 1. The maximum absolute atomic E-state index is 13.7. The van der Waals surface area contributed by atoms with Crippen molar-refractivity contribution in [2.45, 2.75) is 33.9 Å². The predicted molar refractivity (Wildman–Crippen MR) is 75.6 cm³/mol. The molecule has 0 aliphatic heterocycles. The third kappa shape index (κ3) is 3.87. The molecule has 0 saturated carbocycles. The average molecular weight is 291 g/mol. The number of hydrogen-bond donors (Lipinski definition) is 0. The Kier molecular flexibility index (Phi) is 4.67. The molecule has 1 aromatic carbocycles. The summed E-state index contributed by atoms with van der Waals surface area (Å²) in [5.41, 5.74) is 0.0605. The fourth-order valence-corrected chi connectivity index (χ4v) is 1.92. The summed E-state index contributed by atoms with van der Waals surface area (Å²) in [6.45, 7) is 6.44. The molecule has 21 heavy (non-hydrogen) atoms. The van der Waals surface area contributed by atoms with Gasteiger partial charge in [-0.25, -0.2) is 14.1 Å². The molecule has 0 aliphatic carbocycles. The Bertz CT molecular complexity index is 638. The summed E-state index contributed by atoms with van der Waals surface area (Å²) in [6.07, 6.45) is 1.47. The molecule has 0 radical (unpaired) electrons. The van der Waals surface area contributed by atoms with Crippen LogP contribution < -0.4 is 4.74 Å². The number of hydrogen-bond acceptors (Lipinski definition) is 4. The van der Waals surface area contributed by atoms with Crippen LogP contribution in [-0.2, 0) is 13.2 Å². The highest BCUT2D eigenvalue weighted by atomic mass is 19.1. The van der Waals surface area contributed by atoms with Gasteiger partial charge in [0.2, 0.25) is 0 Å². The summed E-state index contributed by atoms with van der Waals surface area (Å²) in [6, 6.07) is 4.20. The van der Waals surface area contributed by atoms with Gasteiger partial charge in [0.25, 0.3) is 0 Å². The fraction of sp³-hybridized carbons (Fsp3) is 0.400. The Hall–Kier alpha value is -2.24. The minimum atomic E-state index is -0.580. The topological polar surface area (TPSA) is 57.0 Å². The highest BCUT2D eigenvalue weighted by Gasteiger charge is 2.10. The van der Waals surface area contributed by atoms with Gasteiger partial charge in [-0.05, 0) is 25.0 Å². The van der Waals surface area contributed by atoms with Crippen molar-refractivity contribution in [2.24, 2.45) is 5.92 Å². The minimum absolute atomic E-state index is 0.0605. The van der Waals surface area contributed by atoms with Crippen molar-refractivity contribution in [3.63, 3.8) is 0 Å². The third-order valence-corrected chi connectivity index (χ3v) is 2.92. The Balaban J connectivity index is 2.05. The van der Waals surface area contributed by atoms with E-state index in [4.69, 9.17) is 4.74 Å². The number of rotatable bonds is 6. The Labute approximate surface area is 122 Å². The zero-order valence-corrected chi connectivity index (χ0v) is 12.3. The van der Waals surface area contributed by atoms with E-state index < -0.39 is 5.82 Å². The van der Waals surface area contributed by atoms with Crippen molar-refractivity contribution in [3.05, 3.63) is 41.7 Å². The van der Waals surface area contributed by atoms with E-state index in [1.165, 1.54) is 25.4 Å². The lowest BCUT2D eigenvalue weighted by atomic mass is 10.1. The van der Waals surface area contributed by atoms with Gasteiger partial charge in [-0.1, -0.05) is 13.8 Å². The summed E-state index contributed by atoms with van der Waals surface area (Å²) < 4.78 is 21.0. The number of carbonyl (C=O) groups excluding carboxylic acids is 1. The lowest BCUT2D eigenvalue weighted by Crippen LogP contribution is -2.12. The predicted octanol–water partition coefficient (Wildman–Crippen LogP) is 2.85. The SMILES string of the molecule is CC(=O)c1ccc(OCc2ncnn2CC(C)C)cc1F. The Morgan fingerprint density at radius 3 is 2.81 bits per heavy atom. The third-order valence-electron chi connectivity index (χ3n) is 2.92. The van der Waals surface area contributed by atoms with Crippen LogP contribution in [0.2, 0.25) is 0 Å². The average Bonchev–Trinajstić information content (AvgIpc) is 2.82. The van der Waals surface area contributed by atoms with Gasteiger partial charge in [0.1, 0.15) is 24.5 Å². The van der Waals surface area contributed by atoms with Crippen molar-refractivity contribution in [3.8, 4) is 5.75 Å². The number of aromatic nitrogens is 3. The maximum atomic E-state index is 13.7. The van der Waals surface area contributed by atoms with Crippen LogP contribution in [0.5, 0.6) is 5.75 Å². The smallest absolute Gasteiger partial charge is 0.164 e. The monoisotopic (exact) mass is 291 g/mol. The number of Topliss-reactive ketones (excluding diaryl/α,β-unsaturated/α-hetero) is 1. The molecule has 0 N–H and O–H groups in total. The van der Waals surface area contributed by atoms with Crippen LogP contribution >= 0.6 is 0 Å². The molecule has 0 fully saturated rings. The van der Waals surface area contributed by atoms with Gasteiger partial charge in [0.15, 0.2) is 11.6 Å². The van der Waals surface area contributed by atoms with Crippen molar-refractivity contribution < 1.29 is 13.9 Å². The Morgan fingerprint density at radius 1 is 1.43 bits per heavy atom. The largest absolute Gasteiger partial charge is 0.486 e. The van der Waals surface area contributed by atoms with Gasteiger partial charge in [0, 0.05) is 12.6 Å². The second kappa shape index (κ2) is 6.47. The van der Waals surface area contributed by atoms with E-state index in [9.17, 15) is 9.18 Å². The van der Waals surface area contributed by atoms with E-state index in [-0.39, 0.29) is 18.0 Å². The summed E-state index contributed by atoms with van der Waals surface area (Å²) in [5.74, 6) is 0.591. The standard InChI is InChI=1S/C15H18FN3O2/c1-10(2)7-19-15(17-9-18-19)8-21-12-4-5-13(11(3)20)14(16)6-12/h4-6,9-10H,7-8H2,1-3H3. The van der Waals surface area contributed by atoms with Gasteiger partial charge in [-0.2, -0.15) is 5.10 Å². The zero-order valence-electron chi connectivity index (χ0n) is 12.3. The summed E-state index contributed by atoms with van der Waals surface area (Å²) >= 11 is 0. The number of ether oxygens (including phenoxy) is 1. The molecule has 0 amide bonds. The quantitative estimate of drug-likeness (QED) is 0.768. The second-order valence-electron chi connectivity index (χ2n) is 5.24. The molecule has 1 heterocycles. The number of benzene rings is 1. The van der Waals surface area contributed by atoms with Crippen LogP contribution in [0.15, 0.2) is 24.5 Å². The van der Waals surface area contributed by atoms with E-state index in [2.05, 4.69) is 23.9 Å². The maximum Gasteiger partial charge on any atom is 0.164 e. The molecule has 0 unspecified atom stereocenters. The fourth-order valence-electron chi connectivity index (χ4n) is 1.92. The molecule has 2 aromatic rings. The zero-order chi connectivity index (χ0) is 15.4. The molecule has 2 rings (SSSR count). The second-order valence-corrected chi connectivity index (χ2v) is 5.24. The molecule has 6 heteroatoms. The van der Waals surface area contributed by atoms with Gasteiger partial charge >= 0.3 is 0 Å². The molecule has 1 aromatic heterocycles. The van der Waals surface area contributed by atoms with Crippen LogP contribution in [0.4, 0.5) is 4.39 Å². The molecular formula is C15H18FN3O2. The molecule has 0 bridgehead atoms. The van der Waals surface area contributed by atoms with Crippen molar-refractivity contribution >= 4 is 5.78 Å². The van der Waals surface area contributed by atoms with Crippen LogP contribution in [0, 0.1) is 11.7 Å². The molecule has 0 atom stereocenters. The first-order valence-electron chi connectivity index (χ1n) is 6.77. The van der Waals surface area contributed by atoms with E-state index in [0.29, 0.717) is 17.5 Å². The van der Waals surface area contributed by atoms with Crippen LogP contribution in [0.25, 0.3) is 0 Å². The lowest BCUT2D eigenvalue weighted by molar-refractivity contribution is 0.101. The molecule has 5 nitrogen and oxygen atoms in total. The molecular weight excluding hydrogens is 273 g/mol. The first-order valence-corrected chi connectivity index (χ1v) is 6.77. The van der Waals surface area contributed by atoms with Gasteiger partial charge in [0.05, 0.1) is 5.56 Å². The number of carbonyl (C=O) groups is 1. The molecule has 0 aliphatic rings. The van der Waals surface area contributed by atoms with E-state index >= 15 is 0 Å². The summed E-state index contributed by atoms with van der Waals surface area (Å²) in [4.78, 5) is 15.3. The molecule has 0 spiro atoms. The van der Waals surface area contributed by atoms with Crippen LogP contribution in [-0.4, -0.2) is 20.5 Å². The normalized spacial score (nSPS) is 10.9. The van der Waals surface area contributed by atoms with Gasteiger partial charge in [-0.15, -0.1) is 0 Å². The summed E-state index contributed by atoms with van der Waals surface area (Å²) in [7, 11) is 0. The highest BCUT2D eigenvalue weighted by molar-refractivity contribution is 5.94. The minimum Gasteiger partial charge on any atom is -0.486 e. The lowest BCUT2D eigenvalue weighted by Gasteiger charge is -2.10. The van der Waals surface area contributed by atoms with E-state index in [1.54, 1.807) is 10.7 Å². The van der Waals surface area contributed by atoms with Crippen molar-refractivity contribution in [2.75, 3.05) is 0 Å². The highest BCUT2D eigenvalue weighted by Crippen LogP contribution is 2.18. The molecule has 0 saturated heterocycles. The van der Waals surface area contributed by atoms with E-state index in [1.807, 2.05) is 0 Å². The van der Waals surface area contributed by atoms with Crippen molar-refractivity contribution in [1.29, 1.82) is 0 Å². The van der Waals surface area contributed by atoms with Gasteiger partial charge < -0.3 is 4.74 Å².